The van der Waals surface area contributed by atoms with Gasteiger partial charge in [-0.15, -0.1) is 0 Å². The number of ether oxygens (including phenoxy) is 1. The molecule has 0 heterocycles. The summed E-state index contributed by atoms with van der Waals surface area (Å²) in [5.74, 6) is 0. The minimum atomic E-state index is 0.274. The van der Waals surface area contributed by atoms with E-state index in [-0.39, 0.29) is 6.04 Å². The zero-order valence-corrected chi connectivity index (χ0v) is 8.12. The third-order valence-electron chi connectivity index (χ3n) is 2.39. The Labute approximate surface area is 74.9 Å². The van der Waals surface area contributed by atoms with E-state index in [0.29, 0.717) is 0 Å². The zero-order chi connectivity index (χ0) is 8.97. The molecule has 0 amide bonds. The fourth-order valence-corrected chi connectivity index (χ4v) is 1.39. The summed E-state index contributed by atoms with van der Waals surface area (Å²) < 4.78 is 4.97. The van der Waals surface area contributed by atoms with Gasteiger partial charge in [-0.3, -0.25) is 0 Å². The first kappa shape index (κ1) is 9.96. The summed E-state index contributed by atoms with van der Waals surface area (Å²) in [6.07, 6.45) is 3.68. The van der Waals surface area contributed by atoms with Crippen molar-refractivity contribution in [2.75, 3.05) is 27.3 Å². The molecule has 3 heteroatoms. The van der Waals surface area contributed by atoms with E-state index in [9.17, 15) is 0 Å². The van der Waals surface area contributed by atoms with Gasteiger partial charge in [0.2, 0.25) is 0 Å². The van der Waals surface area contributed by atoms with Crippen LogP contribution in [0.1, 0.15) is 19.3 Å². The summed E-state index contributed by atoms with van der Waals surface area (Å²) in [5, 5.41) is 0. The first-order valence-corrected chi connectivity index (χ1v) is 4.68. The molecule has 1 aliphatic carbocycles. The molecule has 1 atom stereocenters. The van der Waals surface area contributed by atoms with Crippen molar-refractivity contribution >= 4 is 0 Å². The molecular formula is C9H20N2O. The van der Waals surface area contributed by atoms with Crippen LogP contribution >= 0.6 is 0 Å². The molecule has 0 bridgehead atoms. The minimum Gasteiger partial charge on any atom is -0.385 e. The largest absolute Gasteiger partial charge is 0.385 e. The van der Waals surface area contributed by atoms with Crippen molar-refractivity contribution in [1.82, 2.24) is 4.90 Å². The van der Waals surface area contributed by atoms with Crippen LogP contribution in [0.4, 0.5) is 0 Å². The Balaban J connectivity index is 2.03. The van der Waals surface area contributed by atoms with E-state index in [1.165, 1.54) is 12.8 Å². The molecule has 2 N–H and O–H groups in total. The number of likely N-dealkylation sites (N-methyl/N-ethyl adjacent to an activating group) is 1. The van der Waals surface area contributed by atoms with Crippen LogP contribution in [-0.2, 0) is 4.74 Å². The van der Waals surface area contributed by atoms with E-state index in [1.54, 1.807) is 7.11 Å². The van der Waals surface area contributed by atoms with Gasteiger partial charge in [0.25, 0.3) is 0 Å². The van der Waals surface area contributed by atoms with Crippen molar-refractivity contribution in [2.24, 2.45) is 5.73 Å². The lowest BCUT2D eigenvalue weighted by atomic mass is 10.2. The summed E-state index contributed by atoms with van der Waals surface area (Å²) in [5.41, 5.74) is 5.90. The molecule has 1 saturated carbocycles. The van der Waals surface area contributed by atoms with Crippen LogP contribution in [0.25, 0.3) is 0 Å². The quantitative estimate of drug-likeness (QED) is 0.632. The molecule has 1 unspecified atom stereocenters. The SMILES string of the molecule is COCCC(N)CN(C)C1CC1. The van der Waals surface area contributed by atoms with Gasteiger partial charge in [-0.25, -0.2) is 0 Å². The maximum Gasteiger partial charge on any atom is 0.0477 e. The van der Waals surface area contributed by atoms with Crippen molar-refractivity contribution < 1.29 is 4.74 Å². The van der Waals surface area contributed by atoms with Gasteiger partial charge in [0.05, 0.1) is 0 Å². The van der Waals surface area contributed by atoms with Gasteiger partial charge in [0, 0.05) is 32.3 Å². The second-order valence-electron chi connectivity index (χ2n) is 3.71. The number of nitrogens with zero attached hydrogens (tertiary/aromatic N) is 1. The van der Waals surface area contributed by atoms with Crippen molar-refractivity contribution in [3.05, 3.63) is 0 Å². The Morgan fingerprint density at radius 1 is 1.58 bits per heavy atom. The summed E-state index contributed by atoms with van der Waals surface area (Å²) in [4.78, 5) is 2.36. The minimum absolute atomic E-state index is 0.274. The van der Waals surface area contributed by atoms with Gasteiger partial charge < -0.3 is 15.4 Å². The highest BCUT2D eigenvalue weighted by Gasteiger charge is 2.26. The molecule has 12 heavy (non-hydrogen) atoms. The van der Waals surface area contributed by atoms with Crippen LogP contribution in [0, 0.1) is 0 Å². The maximum absolute atomic E-state index is 5.90. The predicted molar refractivity (Wildman–Crippen MR) is 50.1 cm³/mol. The standard InChI is InChI=1S/C9H20N2O/c1-11(9-3-4-9)7-8(10)5-6-12-2/h8-9H,3-7,10H2,1-2H3. The molecule has 0 aliphatic heterocycles. The molecule has 0 aromatic heterocycles. The van der Waals surface area contributed by atoms with E-state index >= 15 is 0 Å². The molecule has 0 aromatic carbocycles. The second-order valence-corrected chi connectivity index (χ2v) is 3.71. The van der Waals surface area contributed by atoms with E-state index in [2.05, 4.69) is 11.9 Å². The highest BCUT2D eigenvalue weighted by Crippen LogP contribution is 2.25. The molecule has 1 aliphatic rings. The first-order valence-electron chi connectivity index (χ1n) is 4.68. The predicted octanol–water partition coefficient (Wildman–Crippen LogP) is 0.444. The van der Waals surface area contributed by atoms with Gasteiger partial charge in [0.1, 0.15) is 0 Å². The van der Waals surface area contributed by atoms with Gasteiger partial charge in [0.15, 0.2) is 0 Å². The molecule has 3 nitrogen and oxygen atoms in total. The van der Waals surface area contributed by atoms with E-state index in [1.807, 2.05) is 0 Å². The number of hydrogen-bond donors (Lipinski definition) is 1. The average Bonchev–Trinajstić information content (AvgIpc) is 2.82. The van der Waals surface area contributed by atoms with Crippen molar-refractivity contribution in [2.45, 2.75) is 31.3 Å². The summed E-state index contributed by atoms with van der Waals surface area (Å²) in [6, 6.07) is 1.09. The lowest BCUT2D eigenvalue weighted by molar-refractivity contribution is 0.178. The van der Waals surface area contributed by atoms with Gasteiger partial charge in [-0.1, -0.05) is 0 Å². The summed E-state index contributed by atoms with van der Waals surface area (Å²) in [6.45, 7) is 1.79. The van der Waals surface area contributed by atoms with E-state index in [0.717, 1.165) is 25.6 Å². The van der Waals surface area contributed by atoms with E-state index < -0.39 is 0 Å². The van der Waals surface area contributed by atoms with Crippen molar-refractivity contribution in [1.29, 1.82) is 0 Å². The van der Waals surface area contributed by atoms with Crippen molar-refractivity contribution in [3.8, 4) is 0 Å². The van der Waals surface area contributed by atoms with Crippen LogP contribution in [-0.4, -0.2) is 44.3 Å². The zero-order valence-electron chi connectivity index (χ0n) is 8.12. The Hall–Kier alpha value is -0.120. The van der Waals surface area contributed by atoms with Crippen LogP contribution < -0.4 is 5.73 Å². The highest BCUT2D eigenvalue weighted by atomic mass is 16.5. The van der Waals surface area contributed by atoms with Crippen molar-refractivity contribution in [3.63, 3.8) is 0 Å². The molecule has 0 saturated heterocycles. The number of hydrogen-bond acceptors (Lipinski definition) is 3. The van der Waals surface area contributed by atoms with Crippen LogP contribution in [0.2, 0.25) is 0 Å². The third-order valence-corrected chi connectivity index (χ3v) is 2.39. The fourth-order valence-electron chi connectivity index (χ4n) is 1.39. The van der Waals surface area contributed by atoms with Crippen LogP contribution in [0.5, 0.6) is 0 Å². The smallest absolute Gasteiger partial charge is 0.0477 e. The number of nitrogens with two attached hydrogens (primary N) is 1. The van der Waals surface area contributed by atoms with Gasteiger partial charge >= 0.3 is 0 Å². The lowest BCUT2D eigenvalue weighted by Crippen LogP contribution is -2.37. The maximum atomic E-state index is 5.90. The normalized spacial score (nSPS) is 20.0. The topological polar surface area (TPSA) is 38.5 Å². The number of rotatable bonds is 6. The lowest BCUT2D eigenvalue weighted by Gasteiger charge is -2.20. The fraction of sp³-hybridized carbons (Fsp3) is 1.00. The Bertz CT molecular complexity index is 126. The third kappa shape index (κ3) is 3.52. The first-order chi connectivity index (χ1) is 5.74. The molecule has 1 rings (SSSR count). The molecular weight excluding hydrogens is 152 g/mol. The molecule has 0 radical (unpaired) electrons. The Morgan fingerprint density at radius 3 is 2.75 bits per heavy atom. The Kier molecular flexibility index (Phi) is 3.98. The second kappa shape index (κ2) is 4.80. The highest BCUT2D eigenvalue weighted by molar-refractivity contribution is 4.84. The van der Waals surface area contributed by atoms with Crippen LogP contribution in [0.3, 0.4) is 0 Å². The Morgan fingerprint density at radius 2 is 2.25 bits per heavy atom. The van der Waals surface area contributed by atoms with Crippen LogP contribution in [0.15, 0.2) is 0 Å². The summed E-state index contributed by atoms with van der Waals surface area (Å²) in [7, 11) is 3.88. The number of methoxy groups -OCH3 is 1. The van der Waals surface area contributed by atoms with Gasteiger partial charge in [-0.05, 0) is 26.3 Å². The monoisotopic (exact) mass is 172 g/mol. The summed E-state index contributed by atoms with van der Waals surface area (Å²) >= 11 is 0. The molecule has 0 aromatic rings. The molecule has 0 spiro atoms. The van der Waals surface area contributed by atoms with E-state index in [4.69, 9.17) is 10.5 Å². The average molecular weight is 172 g/mol. The molecule has 72 valence electrons. The van der Waals surface area contributed by atoms with Gasteiger partial charge in [-0.2, -0.15) is 0 Å². The molecule has 1 fully saturated rings.